The Balaban J connectivity index is 0.000000396. The topological polar surface area (TPSA) is 41.6 Å². The zero-order valence-electron chi connectivity index (χ0n) is 8.55. The summed E-state index contributed by atoms with van der Waals surface area (Å²) in [6.45, 7) is 8.02. The minimum absolute atomic E-state index is 0.808. The van der Waals surface area contributed by atoms with Crippen LogP contribution in [0, 0.1) is 13.8 Å². The Morgan fingerprint density at radius 2 is 1.92 bits per heavy atom. The Morgan fingerprint density at radius 1 is 1.23 bits per heavy atom. The summed E-state index contributed by atoms with van der Waals surface area (Å²) in [6, 6.07) is 2.04. The van der Waals surface area contributed by atoms with Crippen LogP contribution in [0.2, 0.25) is 0 Å². The molecule has 0 radical (unpaired) electrons. The van der Waals surface area contributed by atoms with Gasteiger partial charge in [0.15, 0.2) is 5.65 Å². The van der Waals surface area contributed by atoms with Crippen LogP contribution in [0.3, 0.4) is 0 Å². The number of hydrogen-bond acceptors (Lipinski definition) is 2. The smallest absolute Gasteiger partial charge is 0.177 e. The Labute approximate surface area is 78.2 Å². The molecule has 3 heteroatoms. The van der Waals surface area contributed by atoms with Gasteiger partial charge in [0.1, 0.15) is 0 Å². The monoisotopic (exact) mass is 177 g/mol. The molecular weight excluding hydrogens is 162 g/mol. The van der Waals surface area contributed by atoms with Gasteiger partial charge in [0, 0.05) is 5.69 Å². The molecule has 0 atom stereocenters. The molecule has 2 aromatic heterocycles. The van der Waals surface area contributed by atoms with Crippen LogP contribution in [-0.4, -0.2) is 15.0 Å². The molecule has 3 nitrogen and oxygen atoms in total. The highest BCUT2D eigenvalue weighted by Gasteiger charge is 2.00. The highest BCUT2D eigenvalue weighted by atomic mass is 15.0. The fourth-order valence-electron chi connectivity index (χ4n) is 1.25. The van der Waals surface area contributed by atoms with Gasteiger partial charge in [0.25, 0.3) is 0 Å². The lowest BCUT2D eigenvalue weighted by Gasteiger charge is -1.95. The molecule has 0 amide bonds. The molecule has 0 unspecified atom stereocenters. The van der Waals surface area contributed by atoms with Gasteiger partial charge < -0.3 is 4.98 Å². The molecule has 1 N–H and O–H groups in total. The maximum atomic E-state index is 4.25. The van der Waals surface area contributed by atoms with Crippen LogP contribution in [-0.2, 0) is 0 Å². The van der Waals surface area contributed by atoms with Crippen molar-refractivity contribution in [3.63, 3.8) is 0 Å². The summed E-state index contributed by atoms with van der Waals surface area (Å²) in [5, 5.41) is 0. The molecule has 13 heavy (non-hydrogen) atoms. The van der Waals surface area contributed by atoms with Crippen molar-refractivity contribution in [2.75, 3.05) is 0 Å². The van der Waals surface area contributed by atoms with E-state index in [-0.39, 0.29) is 0 Å². The number of hydrogen-bond donors (Lipinski definition) is 1. The summed E-state index contributed by atoms with van der Waals surface area (Å²) in [5.74, 6) is 0. The first-order valence-corrected chi connectivity index (χ1v) is 4.55. The predicted octanol–water partition coefficient (Wildman–Crippen LogP) is 2.60. The molecular formula is C10H15N3. The third-order valence-corrected chi connectivity index (χ3v) is 1.72. The van der Waals surface area contributed by atoms with Crippen molar-refractivity contribution in [3.8, 4) is 0 Å². The Hall–Kier alpha value is -1.38. The largest absolute Gasteiger partial charge is 0.343 e. The van der Waals surface area contributed by atoms with E-state index in [2.05, 4.69) is 21.9 Å². The fraction of sp³-hybridized carbons (Fsp3) is 0.400. The van der Waals surface area contributed by atoms with Crippen LogP contribution < -0.4 is 0 Å². The molecule has 0 saturated carbocycles. The minimum atomic E-state index is 0.808. The van der Waals surface area contributed by atoms with E-state index in [9.17, 15) is 0 Å². The van der Waals surface area contributed by atoms with Crippen LogP contribution >= 0.6 is 0 Å². The molecule has 0 fully saturated rings. The van der Waals surface area contributed by atoms with Crippen LogP contribution in [0.4, 0.5) is 0 Å². The van der Waals surface area contributed by atoms with E-state index >= 15 is 0 Å². The SMILES string of the molecule is CC.Cc1cc(C)c2[nH]cnc2n1. The van der Waals surface area contributed by atoms with E-state index in [1.807, 2.05) is 26.8 Å². The normalized spacial score (nSPS) is 9.54. The third-order valence-electron chi connectivity index (χ3n) is 1.72. The molecule has 2 heterocycles. The van der Waals surface area contributed by atoms with Gasteiger partial charge in [-0.25, -0.2) is 9.97 Å². The third kappa shape index (κ3) is 1.86. The number of rotatable bonds is 0. The molecule has 0 aliphatic carbocycles. The van der Waals surface area contributed by atoms with Crippen molar-refractivity contribution >= 4 is 11.2 Å². The Bertz CT molecular complexity index is 390. The molecule has 0 aliphatic rings. The second kappa shape index (κ2) is 4.03. The summed E-state index contributed by atoms with van der Waals surface area (Å²) >= 11 is 0. The first-order valence-electron chi connectivity index (χ1n) is 4.55. The van der Waals surface area contributed by atoms with Crippen molar-refractivity contribution in [1.29, 1.82) is 0 Å². The summed E-state index contributed by atoms with van der Waals surface area (Å²) in [5.41, 5.74) is 4.06. The van der Waals surface area contributed by atoms with Crippen LogP contribution in [0.15, 0.2) is 12.4 Å². The van der Waals surface area contributed by atoms with Gasteiger partial charge in [0.05, 0.1) is 11.8 Å². The quantitative estimate of drug-likeness (QED) is 0.672. The minimum Gasteiger partial charge on any atom is -0.343 e. The van der Waals surface area contributed by atoms with Crippen molar-refractivity contribution in [3.05, 3.63) is 23.7 Å². The molecule has 0 aliphatic heterocycles. The number of nitrogens with one attached hydrogen (secondary N) is 1. The maximum absolute atomic E-state index is 4.25. The summed E-state index contributed by atoms with van der Waals surface area (Å²) in [7, 11) is 0. The average molecular weight is 177 g/mol. The first-order chi connectivity index (χ1) is 6.27. The number of aromatic amines is 1. The maximum Gasteiger partial charge on any atom is 0.177 e. The lowest BCUT2D eigenvalue weighted by molar-refractivity contribution is 1.21. The second-order valence-corrected chi connectivity index (χ2v) is 2.68. The zero-order valence-corrected chi connectivity index (χ0v) is 8.55. The number of aryl methyl sites for hydroxylation is 2. The van der Waals surface area contributed by atoms with E-state index in [0.717, 1.165) is 16.9 Å². The number of aromatic nitrogens is 3. The Morgan fingerprint density at radius 3 is 2.62 bits per heavy atom. The lowest BCUT2D eigenvalue weighted by Crippen LogP contribution is -1.85. The number of H-pyrrole nitrogens is 1. The second-order valence-electron chi connectivity index (χ2n) is 2.68. The Kier molecular flexibility index (Phi) is 3.01. The fourth-order valence-corrected chi connectivity index (χ4v) is 1.25. The summed E-state index contributed by atoms with van der Waals surface area (Å²) < 4.78 is 0. The molecule has 0 bridgehead atoms. The van der Waals surface area contributed by atoms with E-state index < -0.39 is 0 Å². The van der Waals surface area contributed by atoms with Crippen LogP contribution in [0.1, 0.15) is 25.1 Å². The number of nitrogens with zero attached hydrogens (tertiary/aromatic N) is 2. The van der Waals surface area contributed by atoms with E-state index in [1.54, 1.807) is 6.33 Å². The van der Waals surface area contributed by atoms with Gasteiger partial charge in [-0.05, 0) is 25.5 Å². The molecule has 0 aromatic carbocycles. The zero-order chi connectivity index (χ0) is 9.84. The number of pyridine rings is 1. The van der Waals surface area contributed by atoms with Crippen LogP contribution in [0.25, 0.3) is 11.2 Å². The van der Waals surface area contributed by atoms with E-state index in [4.69, 9.17) is 0 Å². The van der Waals surface area contributed by atoms with E-state index in [0.29, 0.717) is 0 Å². The predicted molar refractivity (Wildman–Crippen MR) is 54.7 cm³/mol. The summed E-state index contributed by atoms with van der Waals surface area (Å²) in [6.07, 6.45) is 1.67. The van der Waals surface area contributed by atoms with Gasteiger partial charge in [-0.15, -0.1) is 0 Å². The van der Waals surface area contributed by atoms with Crippen LogP contribution in [0.5, 0.6) is 0 Å². The van der Waals surface area contributed by atoms with Crippen molar-refractivity contribution < 1.29 is 0 Å². The molecule has 0 saturated heterocycles. The van der Waals surface area contributed by atoms with Crippen molar-refractivity contribution in [1.82, 2.24) is 15.0 Å². The van der Waals surface area contributed by atoms with Crippen molar-refractivity contribution in [2.45, 2.75) is 27.7 Å². The first kappa shape index (κ1) is 9.71. The van der Waals surface area contributed by atoms with E-state index in [1.165, 1.54) is 5.56 Å². The van der Waals surface area contributed by atoms with Gasteiger partial charge in [-0.1, -0.05) is 13.8 Å². The standard InChI is InChI=1S/C8H9N3.C2H6/c1-5-3-6(2)11-8-7(5)9-4-10-8;1-2/h3-4H,1-2H3,(H,9,10,11);1-2H3. The van der Waals surface area contributed by atoms with Gasteiger partial charge in [-0.3, -0.25) is 0 Å². The average Bonchev–Trinajstić information content (AvgIpc) is 2.55. The highest BCUT2D eigenvalue weighted by molar-refractivity contribution is 5.73. The molecule has 2 aromatic rings. The van der Waals surface area contributed by atoms with Gasteiger partial charge >= 0.3 is 0 Å². The lowest BCUT2D eigenvalue weighted by atomic mass is 10.2. The van der Waals surface area contributed by atoms with Gasteiger partial charge in [-0.2, -0.15) is 0 Å². The highest BCUT2D eigenvalue weighted by Crippen LogP contribution is 2.12. The van der Waals surface area contributed by atoms with Gasteiger partial charge in [0.2, 0.25) is 0 Å². The van der Waals surface area contributed by atoms with Crippen molar-refractivity contribution in [2.24, 2.45) is 0 Å². The molecule has 2 rings (SSSR count). The molecule has 70 valence electrons. The summed E-state index contributed by atoms with van der Waals surface area (Å²) in [4.78, 5) is 11.4. The number of fused-ring (bicyclic) bond motifs is 1. The molecule has 0 spiro atoms. The number of imidazole rings is 1.